The third-order valence-electron chi connectivity index (χ3n) is 5.69. The highest BCUT2D eigenvalue weighted by Crippen LogP contribution is 2.44. The lowest BCUT2D eigenvalue weighted by molar-refractivity contribution is -0.124. The van der Waals surface area contributed by atoms with Crippen molar-refractivity contribution >= 4 is 38.4 Å². The molecule has 0 radical (unpaired) electrons. The number of allylic oxidation sites excluding steroid dienone is 1. The SMILES string of the molecule is COc1ccc2nc(N3C(=O)C(O)=C(C(=O)C4CC=C(C)O4)C3c3ccc(F)cc3)sc2c1. The number of ether oxygens (including phenoxy) is 2. The van der Waals surface area contributed by atoms with Crippen molar-refractivity contribution in [2.45, 2.75) is 25.5 Å². The lowest BCUT2D eigenvalue weighted by Gasteiger charge is -2.25. The van der Waals surface area contributed by atoms with Gasteiger partial charge in [0.15, 0.2) is 17.0 Å². The number of anilines is 1. The van der Waals surface area contributed by atoms with Crippen molar-refractivity contribution in [2.24, 2.45) is 0 Å². The molecule has 2 aromatic carbocycles. The van der Waals surface area contributed by atoms with Crippen molar-refractivity contribution in [3.8, 4) is 5.75 Å². The van der Waals surface area contributed by atoms with Crippen LogP contribution in [0.5, 0.6) is 5.75 Å². The summed E-state index contributed by atoms with van der Waals surface area (Å²) in [6, 6.07) is 9.81. The van der Waals surface area contributed by atoms with Gasteiger partial charge in [-0.05, 0) is 48.9 Å². The maximum atomic E-state index is 13.6. The predicted molar refractivity (Wildman–Crippen MR) is 121 cm³/mol. The van der Waals surface area contributed by atoms with Gasteiger partial charge in [0.05, 0.1) is 34.7 Å². The Kier molecular flexibility index (Phi) is 5.13. The Labute approximate surface area is 192 Å². The Morgan fingerprint density at radius 3 is 2.70 bits per heavy atom. The number of methoxy groups -OCH3 is 1. The van der Waals surface area contributed by atoms with Gasteiger partial charge in [0.25, 0.3) is 5.91 Å². The number of Topliss-reactive ketones (excluding diaryl/α,β-unsaturated/α-hetero) is 1. The zero-order valence-electron chi connectivity index (χ0n) is 17.7. The predicted octanol–water partition coefficient (Wildman–Crippen LogP) is 4.61. The van der Waals surface area contributed by atoms with E-state index in [-0.39, 0.29) is 5.57 Å². The molecular formula is C24H19FN2O5S. The van der Waals surface area contributed by atoms with Gasteiger partial charge < -0.3 is 14.6 Å². The first-order valence-corrected chi connectivity index (χ1v) is 11.0. The summed E-state index contributed by atoms with van der Waals surface area (Å²) in [4.78, 5) is 32.4. The average molecular weight is 466 g/mol. The molecule has 9 heteroatoms. The molecule has 0 saturated heterocycles. The Bertz CT molecular complexity index is 1340. The van der Waals surface area contributed by atoms with E-state index in [0.29, 0.717) is 34.1 Å². The van der Waals surface area contributed by atoms with E-state index in [0.717, 1.165) is 4.70 Å². The second-order valence-corrected chi connectivity index (χ2v) is 8.75. The zero-order chi connectivity index (χ0) is 23.3. The molecule has 2 unspecified atom stereocenters. The van der Waals surface area contributed by atoms with Gasteiger partial charge in [0, 0.05) is 6.42 Å². The molecule has 0 aliphatic carbocycles. The standard InChI is InChI=1S/C24H19FN2O5S/c1-12-3-10-17(32-12)21(28)19-20(13-4-6-14(25)7-5-13)27(23(30)22(19)29)24-26-16-9-8-15(31-2)11-18(16)33-24/h3-9,11,17,20,29H,10H2,1-2H3. The highest BCUT2D eigenvalue weighted by molar-refractivity contribution is 7.22. The first-order valence-electron chi connectivity index (χ1n) is 10.2. The number of hydrogen-bond donors (Lipinski definition) is 1. The average Bonchev–Trinajstić information content (AvgIpc) is 3.49. The number of thiazole rings is 1. The minimum atomic E-state index is -0.974. The molecule has 2 atom stereocenters. The van der Waals surface area contributed by atoms with Crippen molar-refractivity contribution in [2.75, 3.05) is 12.0 Å². The third-order valence-corrected chi connectivity index (χ3v) is 6.71. The van der Waals surface area contributed by atoms with Gasteiger partial charge in [-0.1, -0.05) is 23.5 Å². The summed E-state index contributed by atoms with van der Waals surface area (Å²) in [7, 11) is 1.55. The van der Waals surface area contributed by atoms with Crippen molar-refractivity contribution < 1.29 is 28.6 Å². The molecule has 5 rings (SSSR count). The number of benzene rings is 2. The van der Waals surface area contributed by atoms with E-state index in [1.54, 1.807) is 38.3 Å². The van der Waals surface area contributed by atoms with Crippen LogP contribution >= 0.6 is 11.3 Å². The Hall–Kier alpha value is -3.72. The monoisotopic (exact) mass is 466 g/mol. The number of hydrogen-bond acceptors (Lipinski definition) is 7. The molecule has 33 heavy (non-hydrogen) atoms. The normalized spacial score (nSPS) is 20.4. The summed E-state index contributed by atoms with van der Waals surface area (Å²) >= 11 is 1.23. The molecule has 2 aliphatic heterocycles. The largest absolute Gasteiger partial charge is 0.503 e. The Morgan fingerprint density at radius 2 is 2.03 bits per heavy atom. The van der Waals surface area contributed by atoms with Crippen LogP contribution in [-0.4, -0.2) is 35.0 Å². The van der Waals surface area contributed by atoms with Crippen LogP contribution in [-0.2, 0) is 14.3 Å². The molecule has 1 amide bonds. The lowest BCUT2D eigenvalue weighted by atomic mass is 9.93. The first kappa shape index (κ1) is 21.1. The van der Waals surface area contributed by atoms with Gasteiger partial charge in [-0.3, -0.25) is 14.5 Å². The number of aliphatic hydroxyl groups excluding tert-OH is 1. The number of aromatic nitrogens is 1. The van der Waals surface area contributed by atoms with Gasteiger partial charge in [0.2, 0.25) is 5.78 Å². The molecule has 7 nitrogen and oxygen atoms in total. The molecule has 1 N–H and O–H groups in total. The molecule has 3 heterocycles. The second kappa shape index (κ2) is 8.00. The fourth-order valence-corrected chi connectivity index (χ4v) is 5.09. The van der Waals surface area contributed by atoms with Crippen LogP contribution in [0.15, 0.2) is 65.6 Å². The summed E-state index contributed by atoms with van der Waals surface area (Å²) in [6.45, 7) is 1.74. The van der Waals surface area contributed by atoms with Gasteiger partial charge >= 0.3 is 0 Å². The molecule has 1 aromatic heterocycles. The van der Waals surface area contributed by atoms with E-state index in [9.17, 15) is 19.1 Å². The second-order valence-electron chi connectivity index (χ2n) is 7.74. The van der Waals surface area contributed by atoms with Crippen LogP contribution in [0, 0.1) is 5.82 Å². The van der Waals surface area contributed by atoms with Crippen molar-refractivity contribution in [1.29, 1.82) is 0 Å². The van der Waals surface area contributed by atoms with E-state index in [2.05, 4.69) is 4.98 Å². The van der Waals surface area contributed by atoms with Crippen LogP contribution in [0.2, 0.25) is 0 Å². The quantitative estimate of drug-likeness (QED) is 0.591. The number of amides is 1. The number of carbonyl (C=O) groups excluding carboxylic acids is 2. The molecule has 2 aliphatic rings. The Balaban J connectivity index is 1.62. The number of carbonyl (C=O) groups is 2. The summed E-state index contributed by atoms with van der Waals surface area (Å²) in [5.74, 6) is -1.11. The van der Waals surface area contributed by atoms with E-state index < -0.39 is 35.4 Å². The van der Waals surface area contributed by atoms with E-state index >= 15 is 0 Å². The number of nitrogens with zero attached hydrogens (tertiary/aromatic N) is 2. The smallest absolute Gasteiger partial charge is 0.296 e. The zero-order valence-corrected chi connectivity index (χ0v) is 18.6. The number of fused-ring (bicyclic) bond motifs is 1. The van der Waals surface area contributed by atoms with Gasteiger partial charge in [0.1, 0.15) is 11.6 Å². The molecular weight excluding hydrogens is 447 g/mol. The minimum absolute atomic E-state index is 0.0865. The molecule has 168 valence electrons. The molecule has 0 saturated carbocycles. The summed E-state index contributed by atoms with van der Waals surface area (Å²) in [5.41, 5.74) is 1.02. The highest BCUT2D eigenvalue weighted by atomic mass is 32.1. The van der Waals surface area contributed by atoms with Crippen LogP contribution < -0.4 is 9.64 Å². The van der Waals surface area contributed by atoms with Crippen LogP contribution in [0.1, 0.15) is 24.9 Å². The van der Waals surface area contributed by atoms with Crippen LogP contribution in [0.4, 0.5) is 9.52 Å². The number of ketones is 1. The number of rotatable bonds is 5. The van der Waals surface area contributed by atoms with E-state index in [4.69, 9.17) is 9.47 Å². The summed E-state index contributed by atoms with van der Waals surface area (Å²) < 4.78 is 25.3. The summed E-state index contributed by atoms with van der Waals surface area (Å²) in [6.07, 6.45) is 1.28. The highest BCUT2D eigenvalue weighted by Gasteiger charge is 2.47. The summed E-state index contributed by atoms with van der Waals surface area (Å²) in [5, 5.41) is 11.1. The fourth-order valence-electron chi connectivity index (χ4n) is 4.07. The number of halogens is 1. The van der Waals surface area contributed by atoms with E-state index in [1.165, 1.54) is 40.5 Å². The lowest BCUT2D eigenvalue weighted by Crippen LogP contribution is -2.32. The molecule has 0 bridgehead atoms. The van der Waals surface area contributed by atoms with Crippen molar-refractivity contribution in [3.05, 3.63) is 77.0 Å². The molecule has 3 aromatic rings. The van der Waals surface area contributed by atoms with E-state index in [1.807, 2.05) is 0 Å². The molecule has 0 fully saturated rings. The topological polar surface area (TPSA) is 89.0 Å². The Morgan fingerprint density at radius 1 is 1.27 bits per heavy atom. The number of aliphatic hydroxyl groups is 1. The van der Waals surface area contributed by atoms with Crippen molar-refractivity contribution in [3.63, 3.8) is 0 Å². The minimum Gasteiger partial charge on any atom is -0.503 e. The third kappa shape index (κ3) is 3.54. The molecule has 0 spiro atoms. The maximum Gasteiger partial charge on any atom is 0.296 e. The van der Waals surface area contributed by atoms with Crippen LogP contribution in [0.25, 0.3) is 10.2 Å². The van der Waals surface area contributed by atoms with Crippen LogP contribution in [0.3, 0.4) is 0 Å². The maximum absolute atomic E-state index is 13.6. The van der Waals surface area contributed by atoms with Gasteiger partial charge in [-0.25, -0.2) is 9.37 Å². The van der Waals surface area contributed by atoms with Crippen molar-refractivity contribution in [1.82, 2.24) is 4.98 Å². The fraction of sp³-hybridized carbons (Fsp3) is 0.208. The van der Waals surface area contributed by atoms with Gasteiger partial charge in [-0.15, -0.1) is 0 Å². The van der Waals surface area contributed by atoms with Gasteiger partial charge in [-0.2, -0.15) is 0 Å². The first-order chi connectivity index (χ1) is 15.9.